The third kappa shape index (κ3) is 6.74. The molecule has 0 radical (unpaired) electrons. The van der Waals surface area contributed by atoms with Crippen LogP contribution in [0.5, 0.6) is 0 Å². The summed E-state index contributed by atoms with van der Waals surface area (Å²) in [5, 5.41) is 0. The zero-order valence-electron chi connectivity index (χ0n) is 7.35. The lowest BCUT2D eigenvalue weighted by atomic mass is 10.1. The molecule has 0 amide bonds. The Morgan fingerprint density at radius 2 is 2.00 bits per heavy atom. The van der Waals surface area contributed by atoms with E-state index in [1.807, 2.05) is 0 Å². The molecule has 0 saturated heterocycles. The van der Waals surface area contributed by atoms with Crippen molar-refractivity contribution in [1.82, 2.24) is 0 Å². The van der Waals surface area contributed by atoms with Crippen LogP contribution >= 0.6 is 23.2 Å². The summed E-state index contributed by atoms with van der Waals surface area (Å²) in [7, 11) is 0. The number of esters is 1. The molecule has 0 atom stereocenters. The third-order valence-corrected chi connectivity index (χ3v) is 1.70. The average Bonchev–Trinajstić information content (AvgIpc) is 1.97. The zero-order valence-corrected chi connectivity index (χ0v) is 8.86. The molecule has 4 heteroatoms. The van der Waals surface area contributed by atoms with Crippen molar-refractivity contribution in [3.63, 3.8) is 0 Å². The number of hydrogen-bond donors (Lipinski definition) is 0. The molecular weight excluding hydrogens is 199 g/mol. The molecule has 0 rings (SSSR count). The Bertz CT molecular complexity index is 135. The van der Waals surface area contributed by atoms with Gasteiger partial charge in [-0.2, -0.15) is 0 Å². The van der Waals surface area contributed by atoms with Crippen LogP contribution in [0.15, 0.2) is 0 Å². The first-order valence-corrected chi connectivity index (χ1v) is 4.86. The minimum absolute atomic E-state index is 0.410. The lowest BCUT2D eigenvalue weighted by Crippen LogP contribution is -2.13. The van der Waals surface area contributed by atoms with Crippen LogP contribution < -0.4 is 0 Å². The number of halogens is 2. The van der Waals surface area contributed by atoms with E-state index in [4.69, 9.17) is 27.9 Å². The van der Waals surface area contributed by atoms with E-state index in [1.54, 1.807) is 0 Å². The average molecular weight is 213 g/mol. The largest absolute Gasteiger partial charge is 0.464 e. The summed E-state index contributed by atoms with van der Waals surface area (Å²) in [5.74, 6) is 0.0774. The van der Waals surface area contributed by atoms with Crippen molar-refractivity contribution in [3.05, 3.63) is 0 Å². The molecule has 0 aliphatic carbocycles. The van der Waals surface area contributed by atoms with Crippen molar-refractivity contribution in [2.24, 2.45) is 5.92 Å². The summed E-state index contributed by atoms with van der Waals surface area (Å²) >= 11 is 10.5. The van der Waals surface area contributed by atoms with E-state index in [0.29, 0.717) is 12.5 Å². The topological polar surface area (TPSA) is 26.3 Å². The maximum atomic E-state index is 10.7. The predicted octanol–water partition coefficient (Wildman–Crippen LogP) is 2.77. The quantitative estimate of drug-likeness (QED) is 0.398. The standard InChI is InChI=1S/C8H14Cl2O2/c1-6(2)4-3-5-12-8(11)7(9)10/h6-7H,3-5H2,1-2H3. The highest BCUT2D eigenvalue weighted by atomic mass is 35.5. The molecule has 0 fully saturated rings. The van der Waals surface area contributed by atoms with Crippen molar-refractivity contribution in [3.8, 4) is 0 Å². The molecule has 0 saturated carbocycles. The Morgan fingerprint density at radius 1 is 1.42 bits per heavy atom. The molecule has 0 unspecified atom stereocenters. The molecule has 0 aromatic heterocycles. The Labute approximate surface area is 83.2 Å². The van der Waals surface area contributed by atoms with Crippen LogP contribution in [-0.4, -0.2) is 17.4 Å². The molecule has 0 aromatic rings. The van der Waals surface area contributed by atoms with Crippen LogP contribution in [0.4, 0.5) is 0 Å². The van der Waals surface area contributed by atoms with E-state index in [0.717, 1.165) is 12.8 Å². The summed E-state index contributed by atoms with van der Waals surface area (Å²) in [6.07, 6.45) is 1.91. The van der Waals surface area contributed by atoms with Gasteiger partial charge in [0.25, 0.3) is 0 Å². The van der Waals surface area contributed by atoms with Gasteiger partial charge in [-0.15, -0.1) is 0 Å². The minimum Gasteiger partial charge on any atom is -0.464 e. The van der Waals surface area contributed by atoms with Gasteiger partial charge in [-0.25, -0.2) is 4.79 Å². The van der Waals surface area contributed by atoms with E-state index in [1.165, 1.54) is 0 Å². The van der Waals surface area contributed by atoms with E-state index in [-0.39, 0.29) is 0 Å². The monoisotopic (exact) mass is 212 g/mol. The van der Waals surface area contributed by atoms with E-state index < -0.39 is 10.8 Å². The highest BCUT2D eigenvalue weighted by Gasteiger charge is 2.11. The lowest BCUT2D eigenvalue weighted by molar-refractivity contribution is -0.141. The summed E-state index contributed by atoms with van der Waals surface area (Å²) in [6, 6.07) is 0. The van der Waals surface area contributed by atoms with Crippen molar-refractivity contribution in [2.45, 2.75) is 31.5 Å². The fourth-order valence-corrected chi connectivity index (χ4v) is 0.853. The number of hydrogen-bond acceptors (Lipinski definition) is 2. The first-order chi connectivity index (χ1) is 5.54. The molecule has 0 aromatic carbocycles. The van der Waals surface area contributed by atoms with Crippen LogP contribution in [-0.2, 0) is 9.53 Å². The van der Waals surface area contributed by atoms with Crippen LogP contribution in [0, 0.1) is 5.92 Å². The second-order valence-electron chi connectivity index (χ2n) is 3.00. The summed E-state index contributed by atoms with van der Waals surface area (Å²) in [6.45, 7) is 4.65. The fraction of sp³-hybridized carbons (Fsp3) is 0.875. The molecule has 0 aliphatic rings. The van der Waals surface area contributed by atoms with Crippen molar-refractivity contribution >= 4 is 29.2 Å². The van der Waals surface area contributed by atoms with Crippen LogP contribution in [0.2, 0.25) is 0 Å². The van der Waals surface area contributed by atoms with Crippen LogP contribution in [0.1, 0.15) is 26.7 Å². The normalized spacial score (nSPS) is 10.8. The highest BCUT2D eigenvalue weighted by Crippen LogP contribution is 2.06. The minimum atomic E-state index is -1.05. The first-order valence-electron chi connectivity index (χ1n) is 3.98. The second kappa shape index (κ2) is 6.55. The van der Waals surface area contributed by atoms with Gasteiger partial charge in [0.15, 0.2) is 0 Å². The lowest BCUT2D eigenvalue weighted by Gasteiger charge is -2.06. The molecule has 2 nitrogen and oxygen atoms in total. The molecule has 72 valence electrons. The number of carbonyl (C=O) groups excluding carboxylic acids is 1. The van der Waals surface area contributed by atoms with Crippen LogP contribution in [0.3, 0.4) is 0 Å². The molecular formula is C8H14Cl2O2. The molecule has 0 heterocycles. The first kappa shape index (κ1) is 12.0. The molecule has 0 spiro atoms. The number of carbonyl (C=O) groups is 1. The number of ether oxygens (including phenoxy) is 1. The fourth-order valence-electron chi connectivity index (χ4n) is 0.727. The van der Waals surface area contributed by atoms with Crippen LogP contribution in [0.25, 0.3) is 0 Å². The Kier molecular flexibility index (Phi) is 6.58. The molecule has 0 aliphatic heterocycles. The van der Waals surface area contributed by atoms with Crippen molar-refractivity contribution < 1.29 is 9.53 Å². The van der Waals surface area contributed by atoms with Gasteiger partial charge < -0.3 is 4.74 Å². The van der Waals surface area contributed by atoms with Gasteiger partial charge in [-0.05, 0) is 18.8 Å². The SMILES string of the molecule is CC(C)CCCOC(=O)C(Cl)Cl. The number of alkyl halides is 2. The predicted molar refractivity (Wildman–Crippen MR) is 50.5 cm³/mol. The molecule has 0 N–H and O–H groups in total. The van der Waals surface area contributed by atoms with Gasteiger partial charge in [0.1, 0.15) is 0 Å². The third-order valence-electron chi connectivity index (χ3n) is 1.35. The summed E-state index contributed by atoms with van der Waals surface area (Å²) in [5.41, 5.74) is 0. The van der Waals surface area contributed by atoms with Gasteiger partial charge >= 0.3 is 5.97 Å². The number of rotatable bonds is 5. The smallest absolute Gasteiger partial charge is 0.339 e. The van der Waals surface area contributed by atoms with E-state index >= 15 is 0 Å². The maximum absolute atomic E-state index is 10.7. The van der Waals surface area contributed by atoms with E-state index in [9.17, 15) is 4.79 Å². The highest BCUT2D eigenvalue weighted by molar-refractivity contribution is 6.52. The molecule has 12 heavy (non-hydrogen) atoms. The van der Waals surface area contributed by atoms with E-state index in [2.05, 4.69) is 13.8 Å². The molecule has 0 bridgehead atoms. The summed E-state index contributed by atoms with van der Waals surface area (Å²) < 4.78 is 4.75. The second-order valence-corrected chi connectivity index (χ2v) is 4.10. The van der Waals surface area contributed by atoms with Gasteiger partial charge in [0.05, 0.1) is 6.61 Å². The summed E-state index contributed by atoms with van der Waals surface area (Å²) in [4.78, 5) is 9.65. The van der Waals surface area contributed by atoms with Crippen molar-refractivity contribution in [1.29, 1.82) is 0 Å². The van der Waals surface area contributed by atoms with Gasteiger partial charge in [0, 0.05) is 0 Å². The Morgan fingerprint density at radius 3 is 2.42 bits per heavy atom. The van der Waals surface area contributed by atoms with Gasteiger partial charge in [-0.1, -0.05) is 37.0 Å². The zero-order chi connectivity index (χ0) is 9.56. The van der Waals surface area contributed by atoms with Crippen molar-refractivity contribution in [2.75, 3.05) is 6.61 Å². The maximum Gasteiger partial charge on any atom is 0.339 e. The Hall–Kier alpha value is 0.0500. The van der Waals surface area contributed by atoms with Gasteiger partial charge in [0.2, 0.25) is 4.84 Å². The Balaban J connectivity index is 3.26. The van der Waals surface area contributed by atoms with Gasteiger partial charge in [-0.3, -0.25) is 0 Å².